The first kappa shape index (κ1) is 123. The van der Waals surface area contributed by atoms with Crippen molar-refractivity contribution in [3.8, 4) is 0 Å². The van der Waals surface area contributed by atoms with Crippen LogP contribution in [0.5, 0.6) is 0 Å². The van der Waals surface area contributed by atoms with E-state index in [-0.39, 0.29) is 88.4 Å². The van der Waals surface area contributed by atoms with Gasteiger partial charge in [0.2, 0.25) is 59.1 Å². The molecule has 23 N–H and O–H groups in total. The zero-order valence-corrected chi connectivity index (χ0v) is 82.2. The van der Waals surface area contributed by atoms with Crippen LogP contribution < -0.4 is 53.2 Å². The fraction of sp³-hybridized carbons (Fsp3) is 0.802. The number of amides is 12. The molecule has 802 valence electrons. The first-order valence-electron chi connectivity index (χ1n) is 48.9. The van der Waals surface area contributed by atoms with Crippen LogP contribution in [0, 0.1) is 0 Å². The SMILES string of the molecule is COP(=O)(O)OCCCCCCNC(=O)CCCCCCCCCCC(=O)Nc1cc(C(=O)N(CC(=O)NCCCCCCOC2OC(CO)C(O)C(O)C2NC(C)=O)CC(=O)NCCCCCCOC2OC(CO)C(O)C(O)C2NC(C)=O)cc(C(=O)N(CC(=O)NCCCCCCOC2OC(CO)C(O)C(O)C2NC(C)=O)CC(=O)NCCCCCCOC2OC(CO)C(O)C(O)C2NC(C)=O)c1. The first-order valence-corrected chi connectivity index (χ1v) is 50.4. The second-order valence-electron chi connectivity index (χ2n) is 35.5. The van der Waals surface area contributed by atoms with Crippen LogP contribution in [0.4, 0.5) is 5.69 Å². The van der Waals surface area contributed by atoms with Crippen LogP contribution in [-0.4, -0.2) is 395 Å². The molecule has 49 heteroatoms. The lowest BCUT2D eigenvalue weighted by atomic mass is 9.97. The molecule has 0 radical (unpaired) electrons. The molecule has 0 saturated carbocycles. The van der Waals surface area contributed by atoms with Crippen molar-refractivity contribution in [1.82, 2.24) is 57.7 Å². The van der Waals surface area contributed by atoms with Gasteiger partial charge >= 0.3 is 7.82 Å². The van der Waals surface area contributed by atoms with Crippen molar-refractivity contribution in [2.75, 3.05) is 131 Å². The monoisotopic (exact) mass is 2030 g/mol. The maximum atomic E-state index is 15.4. The summed E-state index contributed by atoms with van der Waals surface area (Å²) in [6, 6.07) is -0.977. The van der Waals surface area contributed by atoms with Crippen molar-refractivity contribution in [2.45, 2.75) is 343 Å². The molecule has 4 fully saturated rings. The maximum absolute atomic E-state index is 15.4. The van der Waals surface area contributed by atoms with Crippen LogP contribution in [0.15, 0.2) is 18.2 Å². The molecule has 12 amide bonds. The molecule has 1 aromatic carbocycles. The zero-order chi connectivity index (χ0) is 103. The molecule has 4 heterocycles. The second-order valence-corrected chi connectivity index (χ2v) is 37.1. The third-order valence-corrected chi connectivity index (χ3v) is 24.7. The van der Waals surface area contributed by atoms with Crippen molar-refractivity contribution in [3.63, 3.8) is 0 Å². The Kier molecular flexibility index (Phi) is 60.0. The number of benzene rings is 1. The van der Waals surface area contributed by atoms with Crippen molar-refractivity contribution in [3.05, 3.63) is 29.3 Å². The highest BCUT2D eigenvalue weighted by atomic mass is 31.2. The van der Waals surface area contributed by atoms with Crippen molar-refractivity contribution < 1.29 is 175 Å². The van der Waals surface area contributed by atoms with Crippen molar-refractivity contribution in [1.29, 1.82) is 0 Å². The highest BCUT2D eigenvalue weighted by Crippen LogP contribution is 2.42. The van der Waals surface area contributed by atoms with Gasteiger partial charge in [-0.25, -0.2) is 4.57 Å². The van der Waals surface area contributed by atoms with E-state index in [1.54, 1.807) is 0 Å². The summed E-state index contributed by atoms with van der Waals surface area (Å²) in [4.78, 5) is 173. The number of hydrogen-bond acceptors (Lipinski definition) is 35. The average Bonchev–Trinajstić information content (AvgIpc) is 0.818. The van der Waals surface area contributed by atoms with Crippen molar-refractivity contribution >= 4 is 84.4 Å². The minimum Gasteiger partial charge on any atom is -0.394 e. The topological polar surface area (TPSA) is 704 Å². The Hall–Kier alpha value is -7.83. The minimum atomic E-state index is -4.02. The molecule has 5 rings (SSSR count). The van der Waals surface area contributed by atoms with Gasteiger partial charge in [0.15, 0.2) is 25.2 Å². The lowest BCUT2D eigenvalue weighted by Crippen LogP contribution is -2.64. The van der Waals surface area contributed by atoms with Gasteiger partial charge in [0.25, 0.3) is 11.8 Å². The van der Waals surface area contributed by atoms with Gasteiger partial charge in [-0.3, -0.25) is 66.6 Å². The Morgan fingerprint density at radius 1 is 0.321 bits per heavy atom. The van der Waals surface area contributed by atoms with Gasteiger partial charge in [-0.1, -0.05) is 103 Å². The molecule has 0 aromatic heterocycles. The number of anilines is 1. The molecule has 4 aliphatic heterocycles. The van der Waals surface area contributed by atoms with Gasteiger partial charge in [0.05, 0.1) is 33.0 Å². The Morgan fingerprint density at radius 3 is 0.814 bits per heavy atom. The predicted octanol–water partition coefficient (Wildman–Crippen LogP) is -2.60. The second kappa shape index (κ2) is 68.5. The summed E-state index contributed by atoms with van der Waals surface area (Å²) >= 11 is 0. The van der Waals surface area contributed by atoms with E-state index in [9.17, 15) is 119 Å². The number of carbonyl (C=O) groups excluding carboxylic acids is 12. The lowest BCUT2D eigenvalue weighted by Gasteiger charge is -2.42. The summed E-state index contributed by atoms with van der Waals surface area (Å²) in [5.41, 5.74) is -0.751. The van der Waals surface area contributed by atoms with E-state index >= 15 is 9.59 Å². The normalized spacial score (nSPS) is 24.9. The summed E-state index contributed by atoms with van der Waals surface area (Å²) in [6.07, 6.45) is -5.24. The zero-order valence-electron chi connectivity index (χ0n) is 81.3. The molecule has 21 atom stereocenters. The van der Waals surface area contributed by atoms with Gasteiger partial charge in [-0.15, -0.1) is 0 Å². The fourth-order valence-electron chi connectivity index (χ4n) is 16.1. The molecule has 48 nitrogen and oxygen atoms in total. The first-order chi connectivity index (χ1) is 67.0. The van der Waals surface area contributed by atoms with E-state index in [0.717, 1.165) is 74.3 Å². The Labute approximate surface area is 816 Å². The Balaban J connectivity index is 1.36. The number of phosphoric acid groups is 1. The summed E-state index contributed by atoms with van der Waals surface area (Å²) in [6.45, 7) is 0.408. The van der Waals surface area contributed by atoms with Gasteiger partial charge in [0, 0.05) is 124 Å². The number of hydrogen-bond donors (Lipinski definition) is 23. The number of nitrogens with zero attached hydrogens (tertiary/aromatic N) is 2. The van der Waals surface area contributed by atoms with E-state index in [0.29, 0.717) is 141 Å². The average molecular weight is 2030 g/mol. The molecule has 1 aromatic rings. The summed E-state index contributed by atoms with van der Waals surface area (Å²) in [7, 11) is -2.93. The van der Waals surface area contributed by atoms with E-state index < -0.39 is 248 Å². The number of rotatable bonds is 71. The number of aliphatic hydroxyl groups is 12. The molecular formula is C91H157N12O36P. The number of unbranched alkanes of at least 4 members (excludes halogenated alkanes) is 22. The third kappa shape index (κ3) is 46.5. The number of phosphoric ester groups is 1. The molecule has 140 heavy (non-hydrogen) atoms. The molecule has 0 aliphatic carbocycles. The highest BCUT2D eigenvalue weighted by Gasteiger charge is 2.50. The highest BCUT2D eigenvalue weighted by molar-refractivity contribution is 7.47. The molecule has 0 bridgehead atoms. The maximum Gasteiger partial charge on any atom is 0.471 e. The quantitative estimate of drug-likeness (QED) is 0.0235. The molecule has 0 spiro atoms. The third-order valence-electron chi connectivity index (χ3n) is 23.8. The number of aliphatic hydroxyl groups excluding tert-OH is 12. The largest absolute Gasteiger partial charge is 0.471 e. The molecular weight excluding hydrogens is 1870 g/mol. The van der Waals surface area contributed by atoms with E-state index in [1.165, 1.54) is 39.8 Å². The predicted molar refractivity (Wildman–Crippen MR) is 498 cm³/mol. The van der Waals surface area contributed by atoms with Gasteiger partial charge < -0.3 is 167 Å². The Morgan fingerprint density at radius 2 is 0.557 bits per heavy atom. The smallest absolute Gasteiger partial charge is 0.394 e. The molecule has 4 aliphatic rings. The van der Waals surface area contributed by atoms with Crippen LogP contribution in [0.25, 0.3) is 0 Å². The number of ether oxygens (including phenoxy) is 8. The van der Waals surface area contributed by atoms with Crippen LogP contribution in [0.1, 0.15) is 241 Å². The molecule has 21 unspecified atom stereocenters. The fourth-order valence-corrected chi connectivity index (χ4v) is 16.6. The van der Waals surface area contributed by atoms with E-state index in [2.05, 4.69) is 57.7 Å². The van der Waals surface area contributed by atoms with Crippen molar-refractivity contribution in [2.24, 2.45) is 0 Å². The summed E-state index contributed by atoms with van der Waals surface area (Å²) in [5, 5.41) is 151. The van der Waals surface area contributed by atoms with Gasteiger partial charge in [-0.05, 0) is 95.2 Å². The van der Waals surface area contributed by atoms with Crippen LogP contribution in [0.2, 0.25) is 0 Å². The van der Waals surface area contributed by atoms with Gasteiger partial charge in [-0.2, -0.15) is 0 Å². The summed E-state index contributed by atoms with van der Waals surface area (Å²) in [5.74, 6) is -7.56. The minimum absolute atomic E-state index is 0.0260. The molecule has 4 saturated heterocycles. The lowest BCUT2D eigenvalue weighted by molar-refractivity contribution is -0.270. The van der Waals surface area contributed by atoms with Gasteiger partial charge in [0.1, 0.15) is 124 Å². The van der Waals surface area contributed by atoms with Crippen LogP contribution in [-0.2, 0) is 99.5 Å². The Bertz CT molecular complexity index is 3560. The summed E-state index contributed by atoms with van der Waals surface area (Å²) < 4.78 is 66.7. The van der Waals surface area contributed by atoms with Crippen LogP contribution >= 0.6 is 7.82 Å². The number of carbonyl (C=O) groups is 12. The van der Waals surface area contributed by atoms with E-state index in [4.69, 9.17) is 42.4 Å². The number of nitrogens with one attached hydrogen (secondary N) is 10. The van der Waals surface area contributed by atoms with Crippen LogP contribution in [0.3, 0.4) is 0 Å². The van der Waals surface area contributed by atoms with E-state index in [1.807, 2.05) is 0 Å². The standard InChI is InChI=1S/C91H157N12O36P/c1-57(108)97-74-82(122)78(118)64(53-104)136-88(74)131-41-29-17-12-25-37-93-70(114)49-102(50-71(115)94-38-26-13-18-30-42-132-89-75(98-58(2)109)83(123)79(119)65(54-105)137-89)86(126)61-46-62(48-63(47-61)101-69(113)35-23-11-9-7-6-8-10-22-34-68(112)92-36-24-16-21-33-45-135-140(128,129)130-5)87(127)103(51-72(116)95-39-27-14-19-31-43-133-90-76(99-59(3)110)84(124)80(120)66(55-106)138-90)52-73(117)96-40-28-15-20-32-44-134-91-77(100-60(4)111)85(125)81(121)67(56-107)139-91/h46-48,64-67,74-85,88-91,104-107,118-125H,6-45,49-56H2,1-5H3,(H,92,112)(H,93,114)(H,94,115)(H,95,116)(H,96,117)(H,97,108)(H,98,109)(H,99,110)(H,100,111)(H,101,113)(H,128,129).